The molecule has 1 unspecified atom stereocenters. The fourth-order valence-corrected chi connectivity index (χ4v) is 1.41. The normalized spacial score (nSPS) is 13.3. The second kappa shape index (κ2) is 6.08. The molecule has 86 valence electrons. The summed E-state index contributed by atoms with van der Waals surface area (Å²) >= 11 is 0. The topological polar surface area (TPSA) is 35.8 Å². The molecule has 3 heteroatoms. The van der Waals surface area contributed by atoms with Crippen LogP contribution < -0.4 is 0 Å². The first kappa shape index (κ1) is 12.5. The molecule has 0 amide bonds. The Bertz CT molecular complexity index is 357. The van der Waals surface area contributed by atoms with Crippen molar-refractivity contribution < 1.29 is 5.11 Å². The van der Waals surface area contributed by atoms with Crippen LogP contribution in [-0.2, 0) is 0 Å². The van der Waals surface area contributed by atoms with Gasteiger partial charge in [-0.3, -0.25) is 0 Å². The maximum absolute atomic E-state index is 9.98. The number of hydrogen-bond donors (Lipinski definition) is 1. The minimum Gasteiger partial charge on any atom is -0.386 e. The maximum Gasteiger partial charge on any atom is 0.102 e. The largest absolute Gasteiger partial charge is 0.386 e. The summed E-state index contributed by atoms with van der Waals surface area (Å²) in [6.07, 6.45) is 1.59. The number of hydrazone groups is 1. The third-order valence-corrected chi connectivity index (χ3v) is 2.08. The van der Waals surface area contributed by atoms with E-state index in [0.717, 1.165) is 5.56 Å². The van der Waals surface area contributed by atoms with E-state index >= 15 is 0 Å². The fourth-order valence-electron chi connectivity index (χ4n) is 1.41. The van der Waals surface area contributed by atoms with Crippen molar-refractivity contribution >= 4 is 5.71 Å². The van der Waals surface area contributed by atoms with Crippen molar-refractivity contribution in [3.05, 3.63) is 48.6 Å². The van der Waals surface area contributed by atoms with Crippen LogP contribution in [0.25, 0.3) is 0 Å². The molecule has 1 atom stereocenters. The fraction of sp³-hybridized carbons (Fsp3) is 0.308. The van der Waals surface area contributed by atoms with Crippen LogP contribution in [0.1, 0.15) is 12.0 Å². The van der Waals surface area contributed by atoms with Crippen LogP contribution in [0.5, 0.6) is 0 Å². The van der Waals surface area contributed by atoms with Crippen LogP contribution >= 0.6 is 0 Å². The Hall–Kier alpha value is -1.61. The molecule has 0 fully saturated rings. The zero-order valence-corrected chi connectivity index (χ0v) is 9.80. The van der Waals surface area contributed by atoms with Gasteiger partial charge in [-0.25, -0.2) is 0 Å². The van der Waals surface area contributed by atoms with Gasteiger partial charge < -0.3 is 10.1 Å². The van der Waals surface area contributed by atoms with Crippen molar-refractivity contribution in [1.29, 1.82) is 0 Å². The van der Waals surface area contributed by atoms with E-state index in [-0.39, 0.29) is 0 Å². The van der Waals surface area contributed by atoms with Crippen molar-refractivity contribution in [2.45, 2.75) is 12.5 Å². The lowest BCUT2D eigenvalue weighted by Gasteiger charge is -2.15. The molecule has 0 aliphatic rings. The van der Waals surface area contributed by atoms with Crippen LogP contribution in [0.3, 0.4) is 0 Å². The Morgan fingerprint density at radius 1 is 1.44 bits per heavy atom. The summed E-state index contributed by atoms with van der Waals surface area (Å²) in [5.41, 5.74) is 1.61. The summed E-state index contributed by atoms with van der Waals surface area (Å²) < 4.78 is 0. The van der Waals surface area contributed by atoms with Gasteiger partial charge >= 0.3 is 0 Å². The standard InChI is InChI=1S/C13H18N2O/c1-4-8-12(16)13(14-15(2)3)11-9-6-5-7-10-11/h4-7,9-10,12,16H,1,8H2,2-3H3/b14-13+. The van der Waals surface area contributed by atoms with Gasteiger partial charge in [0.25, 0.3) is 0 Å². The monoisotopic (exact) mass is 218 g/mol. The van der Waals surface area contributed by atoms with Crippen LogP contribution in [0.15, 0.2) is 48.1 Å². The van der Waals surface area contributed by atoms with Gasteiger partial charge in [0.1, 0.15) is 6.10 Å². The second-order valence-corrected chi connectivity index (χ2v) is 3.74. The van der Waals surface area contributed by atoms with Crippen molar-refractivity contribution in [2.75, 3.05) is 14.1 Å². The first-order chi connectivity index (χ1) is 7.65. The third-order valence-electron chi connectivity index (χ3n) is 2.08. The van der Waals surface area contributed by atoms with Crippen molar-refractivity contribution in [3.8, 4) is 0 Å². The summed E-state index contributed by atoms with van der Waals surface area (Å²) in [5.74, 6) is 0. The third kappa shape index (κ3) is 3.51. The Morgan fingerprint density at radius 2 is 2.06 bits per heavy atom. The molecule has 0 aliphatic carbocycles. The molecule has 0 bridgehead atoms. The van der Waals surface area contributed by atoms with Gasteiger partial charge in [0, 0.05) is 19.7 Å². The summed E-state index contributed by atoms with van der Waals surface area (Å²) in [6.45, 7) is 3.63. The Morgan fingerprint density at radius 3 is 2.56 bits per heavy atom. The molecular formula is C13H18N2O. The van der Waals surface area contributed by atoms with E-state index in [1.807, 2.05) is 44.4 Å². The molecule has 1 aromatic rings. The quantitative estimate of drug-likeness (QED) is 0.465. The average Bonchev–Trinajstić information content (AvgIpc) is 2.27. The molecular weight excluding hydrogens is 200 g/mol. The highest BCUT2D eigenvalue weighted by molar-refractivity contribution is 6.03. The zero-order chi connectivity index (χ0) is 12.0. The van der Waals surface area contributed by atoms with Gasteiger partial charge in [0.05, 0.1) is 5.71 Å². The Labute approximate surface area is 96.7 Å². The SMILES string of the molecule is C=CCC(O)/C(=N/N(C)C)c1ccccc1. The van der Waals surface area contributed by atoms with Crippen molar-refractivity contribution in [1.82, 2.24) is 5.01 Å². The number of aliphatic hydroxyl groups excluding tert-OH is 1. The molecule has 0 heterocycles. The second-order valence-electron chi connectivity index (χ2n) is 3.74. The molecule has 1 rings (SSSR count). The number of rotatable bonds is 5. The van der Waals surface area contributed by atoms with Crippen molar-refractivity contribution in [2.24, 2.45) is 5.10 Å². The van der Waals surface area contributed by atoms with Crippen molar-refractivity contribution in [3.63, 3.8) is 0 Å². The molecule has 0 spiro atoms. The van der Waals surface area contributed by atoms with Crippen LogP contribution in [0.4, 0.5) is 0 Å². The number of benzene rings is 1. The van der Waals surface area contributed by atoms with Crippen LogP contribution in [-0.4, -0.2) is 36.0 Å². The Balaban J connectivity index is 3.01. The first-order valence-corrected chi connectivity index (χ1v) is 5.25. The van der Waals surface area contributed by atoms with E-state index in [0.29, 0.717) is 12.1 Å². The molecule has 1 aromatic carbocycles. The highest BCUT2D eigenvalue weighted by Gasteiger charge is 2.13. The van der Waals surface area contributed by atoms with E-state index in [9.17, 15) is 5.11 Å². The van der Waals surface area contributed by atoms with E-state index in [1.165, 1.54) is 0 Å². The van der Waals surface area contributed by atoms with Gasteiger partial charge in [-0.15, -0.1) is 6.58 Å². The molecule has 0 saturated carbocycles. The summed E-state index contributed by atoms with van der Waals surface area (Å²) in [6, 6.07) is 9.68. The summed E-state index contributed by atoms with van der Waals surface area (Å²) in [7, 11) is 3.67. The molecule has 16 heavy (non-hydrogen) atoms. The first-order valence-electron chi connectivity index (χ1n) is 5.25. The lowest BCUT2D eigenvalue weighted by atomic mass is 10.0. The molecule has 0 aliphatic heterocycles. The van der Waals surface area contributed by atoms with Gasteiger partial charge in [-0.05, 0) is 6.42 Å². The number of nitrogens with zero attached hydrogens (tertiary/aromatic N) is 2. The molecule has 0 radical (unpaired) electrons. The van der Waals surface area contributed by atoms with Crippen LogP contribution in [0, 0.1) is 0 Å². The van der Waals surface area contributed by atoms with E-state index in [4.69, 9.17) is 0 Å². The van der Waals surface area contributed by atoms with Gasteiger partial charge in [-0.2, -0.15) is 5.10 Å². The summed E-state index contributed by atoms with van der Waals surface area (Å²) in [4.78, 5) is 0. The smallest absolute Gasteiger partial charge is 0.102 e. The molecule has 0 aromatic heterocycles. The Kier molecular flexibility index (Phi) is 4.73. The van der Waals surface area contributed by atoms with E-state index in [1.54, 1.807) is 11.1 Å². The maximum atomic E-state index is 9.98. The minimum absolute atomic E-state index is 0.502. The zero-order valence-electron chi connectivity index (χ0n) is 9.80. The highest BCUT2D eigenvalue weighted by atomic mass is 16.3. The van der Waals surface area contributed by atoms with E-state index < -0.39 is 6.10 Å². The van der Waals surface area contributed by atoms with Gasteiger partial charge in [0.15, 0.2) is 0 Å². The minimum atomic E-state index is -0.609. The highest BCUT2D eigenvalue weighted by Crippen LogP contribution is 2.08. The number of aliphatic hydroxyl groups is 1. The van der Waals surface area contributed by atoms with Gasteiger partial charge in [0.2, 0.25) is 0 Å². The molecule has 0 saturated heterocycles. The molecule has 1 N–H and O–H groups in total. The molecule has 3 nitrogen and oxygen atoms in total. The summed E-state index contributed by atoms with van der Waals surface area (Å²) in [5, 5.41) is 16.0. The van der Waals surface area contributed by atoms with Gasteiger partial charge in [-0.1, -0.05) is 36.4 Å². The average molecular weight is 218 g/mol. The van der Waals surface area contributed by atoms with Crippen LogP contribution in [0.2, 0.25) is 0 Å². The lowest BCUT2D eigenvalue weighted by Crippen LogP contribution is -2.23. The van der Waals surface area contributed by atoms with E-state index in [2.05, 4.69) is 11.7 Å². The predicted molar refractivity (Wildman–Crippen MR) is 67.5 cm³/mol. The number of hydrogen-bond acceptors (Lipinski definition) is 3. The lowest BCUT2D eigenvalue weighted by molar-refractivity contribution is 0.242. The predicted octanol–water partition coefficient (Wildman–Crippen LogP) is 1.89.